The predicted molar refractivity (Wildman–Crippen MR) is 206 cm³/mol. The molecule has 0 atom stereocenters. The van der Waals surface area contributed by atoms with Gasteiger partial charge in [-0.05, 0) is 88.7 Å². The van der Waals surface area contributed by atoms with E-state index in [-0.39, 0.29) is 0 Å². The summed E-state index contributed by atoms with van der Waals surface area (Å²) in [7, 11) is 0. The van der Waals surface area contributed by atoms with Crippen LogP contribution in [0.5, 0.6) is 11.5 Å². The van der Waals surface area contributed by atoms with Gasteiger partial charge in [-0.2, -0.15) is 0 Å². The quantitative estimate of drug-likeness (QED) is 0.192. The van der Waals surface area contributed by atoms with Crippen molar-refractivity contribution in [1.29, 1.82) is 0 Å². The smallest absolute Gasteiger partial charge is 0.160 e. The second kappa shape index (κ2) is 11.5. The average Bonchev–Trinajstić information content (AvgIpc) is 3.47. The van der Waals surface area contributed by atoms with E-state index in [0.29, 0.717) is 0 Å². The number of rotatable bonds is 4. The Kier molecular flexibility index (Phi) is 6.65. The van der Waals surface area contributed by atoms with E-state index in [1.54, 1.807) is 0 Å². The van der Waals surface area contributed by atoms with Crippen molar-refractivity contribution < 1.29 is 4.74 Å². The fraction of sp³-hybridized carbons (Fsp3) is 0.0638. The molecule has 0 fully saturated rings. The molecule has 0 amide bonds. The van der Waals surface area contributed by atoms with Gasteiger partial charge in [0.25, 0.3) is 0 Å². The Morgan fingerprint density at radius 1 is 0.510 bits per heavy atom. The zero-order valence-corrected chi connectivity index (χ0v) is 27.9. The summed E-state index contributed by atoms with van der Waals surface area (Å²) in [6.07, 6.45) is 8.62. The van der Waals surface area contributed by atoms with Crippen LogP contribution in [0.3, 0.4) is 0 Å². The number of aromatic nitrogens is 2. The number of hydrogen-bond acceptors (Lipinski definition) is 4. The Morgan fingerprint density at radius 2 is 1.14 bits per heavy atom. The van der Waals surface area contributed by atoms with E-state index in [2.05, 4.69) is 140 Å². The maximum Gasteiger partial charge on any atom is 0.160 e. The van der Waals surface area contributed by atoms with Crippen molar-refractivity contribution in [2.24, 2.45) is 0 Å². The number of ether oxygens (including phenoxy) is 1. The fourth-order valence-electron chi connectivity index (χ4n) is 8.22. The summed E-state index contributed by atoms with van der Waals surface area (Å²) in [6.45, 7) is 0. The predicted octanol–water partition coefficient (Wildman–Crippen LogP) is 11.3. The van der Waals surface area contributed by atoms with Crippen molar-refractivity contribution >= 4 is 11.3 Å². The number of nitrogens with two attached hydrogens (primary N) is 1. The molecule has 1 spiro atoms. The van der Waals surface area contributed by atoms with Crippen LogP contribution in [0.15, 0.2) is 164 Å². The summed E-state index contributed by atoms with van der Waals surface area (Å²) in [5, 5.41) is 0. The number of para-hydroxylation sites is 2. The van der Waals surface area contributed by atoms with E-state index in [1.165, 1.54) is 16.7 Å². The van der Waals surface area contributed by atoms with Crippen LogP contribution in [0.2, 0.25) is 0 Å². The first-order valence-electron chi connectivity index (χ1n) is 17.5. The van der Waals surface area contributed by atoms with Crippen molar-refractivity contribution in [3.8, 4) is 56.3 Å². The molecule has 3 aliphatic rings. The Labute approximate surface area is 297 Å². The van der Waals surface area contributed by atoms with Gasteiger partial charge in [0, 0.05) is 33.5 Å². The van der Waals surface area contributed by atoms with Crippen LogP contribution < -0.4 is 10.5 Å². The van der Waals surface area contributed by atoms with Crippen molar-refractivity contribution in [1.82, 2.24) is 9.97 Å². The van der Waals surface area contributed by atoms with Crippen molar-refractivity contribution in [2.45, 2.75) is 18.3 Å². The highest BCUT2D eigenvalue weighted by atomic mass is 16.5. The van der Waals surface area contributed by atoms with E-state index >= 15 is 0 Å². The third-order valence-corrected chi connectivity index (χ3v) is 10.5. The van der Waals surface area contributed by atoms with Gasteiger partial charge in [-0.3, -0.25) is 0 Å². The molecule has 51 heavy (non-hydrogen) atoms. The zero-order valence-electron chi connectivity index (χ0n) is 27.9. The van der Waals surface area contributed by atoms with Crippen LogP contribution in [-0.2, 0) is 5.41 Å². The van der Waals surface area contributed by atoms with Gasteiger partial charge in [-0.15, -0.1) is 0 Å². The average molecular weight is 656 g/mol. The summed E-state index contributed by atoms with van der Waals surface area (Å²) in [4.78, 5) is 10.2. The molecule has 0 bridgehead atoms. The Balaban J connectivity index is 1.14. The molecule has 4 heteroatoms. The minimum absolute atomic E-state index is 0.530. The second-order valence-corrected chi connectivity index (χ2v) is 13.5. The third-order valence-electron chi connectivity index (χ3n) is 10.5. The van der Waals surface area contributed by atoms with E-state index in [1.807, 2.05) is 24.3 Å². The third kappa shape index (κ3) is 4.60. The van der Waals surface area contributed by atoms with Crippen molar-refractivity contribution in [2.75, 3.05) is 5.73 Å². The number of allylic oxidation sites excluding steroid dienone is 4. The number of hydrogen-bond donors (Lipinski definition) is 1. The van der Waals surface area contributed by atoms with E-state index in [0.717, 1.165) is 91.8 Å². The van der Waals surface area contributed by atoms with E-state index in [9.17, 15) is 0 Å². The van der Waals surface area contributed by atoms with Gasteiger partial charge in [-0.1, -0.05) is 121 Å². The Hall–Kier alpha value is -6.52. The minimum Gasteiger partial charge on any atom is -0.457 e. The van der Waals surface area contributed by atoms with Gasteiger partial charge in [-0.25, -0.2) is 9.97 Å². The molecule has 4 nitrogen and oxygen atoms in total. The van der Waals surface area contributed by atoms with Crippen LogP contribution in [0.25, 0.3) is 50.3 Å². The lowest BCUT2D eigenvalue weighted by atomic mass is 9.66. The number of nitrogens with zero attached hydrogens (tertiary/aromatic N) is 2. The highest BCUT2D eigenvalue weighted by Gasteiger charge is 2.51. The molecular formula is C47H33N3O. The normalized spacial score (nSPS) is 14.5. The monoisotopic (exact) mass is 655 g/mol. The summed E-state index contributed by atoms with van der Waals surface area (Å²) in [6, 6.07) is 51.3. The fourth-order valence-corrected chi connectivity index (χ4v) is 8.22. The van der Waals surface area contributed by atoms with Crippen LogP contribution in [-0.4, -0.2) is 9.97 Å². The Morgan fingerprint density at radius 3 is 1.88 bits per heavy atom. The van der Waals surface area contributed by atoms with Gasteiger partial charge in [0.15, 0.2) is 5.82 Å². The van der Waals surface area contributed by atoms with Crippen LogP contribution in [0.1, 0.15) is 40.9 Å². The summed E-state index contributed by atoms with van der Waals surface area (Å²) < 4.78 is 6.51. The van der Waals surface area contributed by atoms with Gasteiger partial charge in [0.1, 0.15) is 11.5 Å². The molecular weight excluding hydrogens is 623 g/mol. The number of anilines is 1. The van der Waals surface area contributed by atoms with Crippen LogP contribution >= 0.6 is 0 Å². The molecule has 0 radical (unpaired) electrons. The first-order chi connectivity index (χ1) is 25.2. The lowest BCUT2D eigenvalue weighted by Crippen LogP contribution is -2.32. The van der Waals surface area contributed by atoms with Crippen molar-refractivity contribution in [3.63, 3.8) is 0 Å². The molecule has 242 valence electrons. The molecule has 7 aromatic rings. The molecule has 10 rings (SSSR count). The molecule has 0 saturated carbocycles. The number of nitrogen functional groups attached to an aromatic ring is 1. The first kappa shape index (κ1) is 29.4. The molecule has 0 unspecified atom stereocenters. The van der Waals surface area contributed by atoms with E-state index in [4.69, 9.17) is 20.4 Å². The summed E-state index contributed by atoms with van der Waals surface area (Å²) in [5.74, 6) is 2.51. The molecule has 2 N–H and O–H groups in total. The molecule has 6 aromatic carbocycles. The van der Waals surface area contributed by atoms with E-state index < -0.39 is 5.41 Å². The van der Waals surface area contributed by atoms with Gasteiger partial charge >= 0.3 is 0 Å². The maximum atomic E-state index is 6.51. The number of benzene rings is 6. The summed E-state index contributed by atoms with van der Waals surface area (Å²) in [5.41, 5.74) is 21.0. The largest absolute Gasteiger partial charge is 0.457 e. The van der Waals surface area contributed by atoms with Gasteiger partial charge < -0.3 is 10.5 Å². The lowest BCUT2D eigenvalue weighted by molar-refractivity contribution is 0.436. The lowest BCUT2D eigenvalue weighted by Gasteiger charge is -2.39. The maximum absolute atomic E-state index is 6.51. The molecule has 0 saturated heterocycles. The molecule has 2 aliphatic carbocycles. The first-order valence-corrected chi connectivity index (χ1v) is 17.5. The molecule has 1 aromatic heterocycles. The van der Waals surface area contributed by atoms with Gasteiger partial charge in [0.2, 0.25) is 0 Å². The Bertz CT molecular complexity index is 2540. The van der Waals surface area contributed by atoms with Crippen molar-refractivity contribution in [3.05, 3.63) is 192 Å². The number of fused-ring (bicyclic) bond motifs is 9. The summed E-state index contributed by atoms with van der Waals surface area (Å²) >= 11 is 0. The second-order valence-electron chi connectivity index (χ2n) is 13.5. The topological polar surface area (TPSA) is 61.0 Å². The van der Waals surface area contributed by atoms with Crippen LogP contribution in [0.4, 0.5) is 5.69 Å². The van der Waals surface area contributed by atoms with Crippen LogP contribution in [0, 0.1) is 0 Å². The van der Waals surface area contributed by atoms with Gasteiger partial charge in [0.05, 0.1) is 16.8 Å². The highest BCUT2D eigenvalue weighted by molar-refractivity contribution is 5.92. The SMILES string of the molecule is Nc1ccc2c(c1)-c1cc(-c3cccc(-c4cc(-c5ccccc5)nc(C5=CCCC=C5)n4)c3)ccc1C21c2ccccc2Oc2ccccc21. The highest BCUT2D eigenvalue weighted by Crippen LogP contribution is 2.62. The zero-order chi connectivity index (χ0) is 33.9. The minimum atomic E-state index is -0.530. The molecule has 2 heterocycles. The standard InChI is InChI=1S/C47H33N3O/c48-35-23-25-39-37(28-35)36-27-33(22-24-38(36)47(39)40-18-7-9-20-44(40)51-45-21-10-8-19-41(45)47)32-16-11-17-34(26-32)43-29-42(30-12-3-1-4-13-30)49-46(50-43)31-14-5-2-6-15-31/h1,3-5,7-29H,2,6,48H2. The molecule has 1 aliphatic heterocycles.